The molecule has 1 aliphatic heterocycles. The second kappa shape index (κ2) is 5.49. The molecule has 1 saturated carbocycles. The van der Waals surface area contributed by atoms with E-state index in [1.54, 1.807) is 18.0 Å². The molecule has 4 rings (SSSR count). The van der Waals surface area contributed by atoms with Crippen LogP contribution in [0.15, 0.2) is 27.8 Å². The SMILES string of the molecule is CN1C(=O)Cc2cc(C(=O)CSc3nnc(C4CC4)o3)ccc21. The number of aromatic nitrogens is 2. The molecule has 6 nitrogen and oxygen atoms in total. The highest BCUT2D eigenvalue weighted by Crippen LogP contribution is 2.39. The number of carbonyl (C=O) groups excluding carboxylic acids is 2. The summed E-state index contributed by atoms with van der Waals surface area (Å²) in [7, 11) is 1.75. The summed E-state index contributed by atoms with van der Waals surface area (Å²) in [5.41, 5.74) is 2.40. The van der Waals surface area contributed by atoms with Crippen molar-refractivity contribution in [1.82, 2.24) is 10.2 Å². The van der Waals surface area contributed by atoms with E-state index in [4.69, 9.17) is 4.42 Å². The molecule has 0 bridgehead atoms. The highest BCUT2D eigenvalue weighted by atomic mass is 32.2. The highest BCUT2D eigenvalue weighted by molar-refractivity contribution is 7.99. The van der Waals surface area contributed by atoms with Gasteiger partial charge in [-0.15, -0.1) is 10.2 Å². The molecule has 2 aliphatic rings. The van der Waals surface area contributed by atoms with E-state index in [2.05, 4.69) is 10.2 Å². The number of hydrogen-bond donors (Lipinski definition) is 0. The third-order valence-corrected chi connectivity index (χ3v) is 4.97. The van der Waals surface area contributed by atoms with Gasteiger partial charge in [-0.25, -0.2) is 0 Å². The van der Waals surface area contributed by atoms with Gasteiger partial charge in [0.2, 0.25) is 11.8 Å². The van der Waals surface area contributed by atoms with Crippen molar-refractivity contribution in [3.05, 3.63) is 35.2 Å². The first kappa shape index (κ1) is 14.4. The van der Waals surface area contributed by atoms with E-state index >= 15 is 0 Å². The van der Waals surface area contributed by atoms with E-state index in [-0.39, 0.29) is 17.4 Å². The van der Waals surface area contributed by atoms with E-state index in [9.17, 15) is 9.59 Å². The summed E-state index contributed by atoms with van der Waals surface area (Å²) in [5.74, 6) is 1.38. The predicted molar refractivity (Wildman–Crippen MR) is 84.9 cm³/mol. The topological polar surface area (TPSA) is 76.3 Å². The average Bonchev–Trinajstić information content (AvgIpc) is 3.23. The minimum absolute atomic E-state index is 0.00836. The fraction of sp³-hybridized carbons (Fsp3) is 0.375. The second-order valence-corrected chi connectivity index (χ2v) is 6.79. The number of rotatable bonds is 5. The number of Topliss-reactive ketones (excluding diaryl/α,β-unsaturated/α-hetero) is 1. The van der Waals surface area contributed by atoms with Crippen molar-refractivity contribution < 1.29 is 14.0 Å². The molecule has 1 aromatic heterocycles. The van der Waals surface area contributed by atoms with Gasteiger partial charge in [-0.2, -0.15) is 0 Å². The number of likely N-dealkylation sites (N-methyl/N-ethyl adjacent to an activating group) is 1. The summed E-state index contributed by atoms with van der Waals surface area (Å²) in [4.78, 5) is 25.6. The van der Waals surface area contributed by atoms with E-state index in [0.29, 0.717) is 29.0 Å². The summed E-state index contributed by atoms with van der Waals surface area (Å²) in [5, 5.41) is 8.41. The summed E-state index contributed by atoms with van der Waals surface area (Å²) >= 11 is 1.26. The zero-order chi connectivity index (χ0) is 16.0. The standard InChI is InChI=1S/C16H15N3O3S/c1-19-12-5-4-10(6-11(12)7-14(19)21)13(20)8-23-16-18-17-15(22-16)9-2-3-9/h4-6,9H,2-3,7-8H2,1H3. The van der Waals surface area contributed by atoms with Gasteiger partial charge in [0.25, 0.3) is 5.22 Å². The normalized spacial score (nSPS) is 16.7. The molecule has 0 unspecified atom stereocenters. The lowest BCUT2D eigenvalue weighted by Gasteiger charge is -2.10. The summed E-state index contributed by atoms with van der Waals surface area (Å²) in [6.07, 6.45) is 2.57. The third kappa shape index (κ3) is 2.76. The molecule has 1 fully saturated rings. The van der Waals surface area contributed by atoms with Crippen molar-refractivity contribution >= 4 is 29.1 Å². The minimum Gasteiger partial charge on any atom is -0.416 e. The molecule has 2 heterocycles. The molecule has 0 radical (unpaired) electrons. The largest absolute Gasteiger partial charge is 0.416 e. The Morgan fingerprint density at radius 2 is 2.22 bits per heavy atom. The molecule has 23 heavy (non-hydrogen) atoms. The number of carbonyl (C=O) groups is 2. The molecule has 0 spiro atoms. The van der Waals surface area contributed by atoms with Crippen molar-refractivity contribution in [2.75, 3.05) is 17.7 Å². The van der Waals surface area contributed by atoms with Gasteiger partial charge in [0, 0.05) is 24.2 Å². The second-order valence-electron chi connectivity index (χ2n) is 5.87. The van der Waals surface area contributed by atoms with Gasteiger partial charge >= 0.3 is 0 Å². The maximum atomic E-state index is 12.3. The predicted octanol–water partition coefficient (Wildman–Crippen LogP) is 2.44. The Morgan fingerprint density at radius 1 is 1.39 bits per heavy atom. The monoisotopic (exact) mass is 329 g/mol. The van der Waals surface area contributed by atoms with E-state index < -0.39 is 0 Å². The maximum Gasteiger partial charge on any atom is 0.277 e. The average molecular weight is 329 g/mol. The van der Waals surface area contributed by atoms with Crippen LogP contribution in [0.4, 0.5) is 5.69 Å². The fourth-order valence-corrected chi connectivity index (χ4v) is 3.29. The molecular weight excluding hydrogens is 314 g/mol. The minimum atomic E-state index is -0.00836. The zero-order valence-electron chi connectivity index (χ0n) is 12.6. The molecule has 2 aromatic rings. The number of nitrogens with zero attached hydrogens (tertiary/aromatic N) is 3. The first-order valence-electron chi connectivity index (χ1n) is 7.50. The highest BCUT2D eigenvalue weighted by Gasteiger charge is 2.29. The van der Waals surface area contributed by atoms with E-state index in [1.807, 2.05) is 12.1 Å². The van der Waals surface area contributed by atoms with Crippen LogP contribution in [0.5, 0.6) is 0 Å². The molecule has 118 valence electrons. The smallest absolute Gasteiger partial charge is 0.277 e. The van der Waals surface area contributed by atoms with Crippen LogP contribution in [0.3, 0.4) is 0 Å². The molecule has 1 amide bonds. The first-order valence-corrected chi connectivity index (χ1v) is 8.49. The van der Waals surface area contributed by atoms with E-state index in [1.165, 1.54) is 11.8 Å². The number of thioether (sulfide) groups is 1. The molecule has 7 heteroatoms. The number of anilines is 1. The number of benzene rings is 1. The number of amides is 1. The zero-order valence-corrected chi connectivity index (χ0v) is 13.4. The van der Waals surface area contributed by atoms with Gasteiger partial charge in [0.15, 0.2) is 5.78 Å². The van der Waals surface area contributed by atoms with Crippen molar-refractivity contribution in [2.45, 2.75) is 30.4 Å². The summed E-state index contributed by atoms with van der Waals surface area (Å²) < 4.78 is 5.53. The van der Waals surface area contributed by atoms with E-state index in [0.717, 1.165) is 24.1 Å². The van der Waals surface area contributed by atoms with Crippen LogP contribution in [0, 0.1) is 0 Å². The van der Waals surface area contributed by atoms with Gasteiger partial charge in [-0.1, -0.05) is 11.8 Å². The third-order valence-electron chi connectivity index (χ3n) is 4.15. The quantitative estimate of drug-likeness (QED) is 0.619. The number of hydrogen-bond acceptors (Lipinski definition) is 6. The Bertz CT molecular complexity index is 798. The van der Waals surface area contributed by atoms with Crippen LogP contribution in [0.25, 0.3) is 0 Å². The Labute approximate surface area is 137 Å². The van der Waals surface area contributed by atoms with Gasteiger partial charge < -0.3 is 9.32 Å². The van der Waals surface area contributed by atoms with Gasteiger partial charge in [-0.05, 0) is 36.6 Å². The molecular formula is C16H15N3O3S. The van der Waals surface area contributed by atoms with Crippen LogP contribution in [-0.4, -0.2) is 34.7 Å². The van der Waals surface area contributed by atoms with Gasteiger partial charge in [0.05, 0.1) is 12.2 Å². The van der Waals surface area contributed by atoms with Gasteiger partial charge in [0.1, 0.15) is 0 Å². The Morgan fingerprint density at radius 3 is 3.00 bits per heavy atom. The van der Waals surface area contributed by atoms with Crippen LogP contribution in [-0.2, 0) is 11.2 Å². The van der Waals surface area contributed by atoms with Crippen LogP contribution < -0.4 is 4.90 Å². The van der Waals surface area contributed by atoms with Crippen LogP contribution in [0.2, 0.25) is 0 Å². The van der Waals surface area contributed by atoms with Crippen molar-refractivity contribution in [2.24, 2.45) is 0 Å². The Balaban J connectivity index is 1.43. The Hall–Kier alpha value is -2.15. The van der Waals surface area contributed by atoms with Crippen molar-refractivity contribution in [1.29, 1.82) is 0 Å². The van der Waals surface area contributed by atoms with Crippen LogP contribution >= 0.6 is 11.8 Å². The molecule has 0 N–H and O–H groups in total. The van der Waals surface area contributed by atoms with Crippen molar-refractivity contribution in [3.63, 3.8) is 0 Å². The number of fused-ring (bicyclic) bond motifs is 1. The summed E-state index contributed by atoms with van der Waals surface area (Å²) in [6, 6.07) is 5.40. The first-order chi connectivity index (χ1) is 11.1. The Kier molecular flexibility index (Phi) is 3.45. The lowest BCUT2D eigenvalue weighted by atomic mass is 10.1. The van der Waals surface area contributed by atoms with Crippen molar-refractivity contribution in [3.8, 4) is 0 Å². The lowest BCUT2D eigenvalue weighted by molar-refractivity contribution is -0.117. The number of ketones is 1. The maximum absolute atomic E-state index is 12.3. The fourth-order valence-electron chi connectivity index (χ4n) is 2.63. The molecule has 1 aromatic carbocycles. The van der Waals surface area contributed by atoms with Crippen LogP contribution in [0.1, 0.15) is 40.6 Å². The lowest BCUT2D eigenvalue weighted by Crippen LogP contribution is -2.20. The molecule has 0 atom stereocenters. The van der Waals surface area contributed by atoms with Gasteiger partial charge in [-0.3, -0.25) is 9.59 Å². The molecule has 0 saturated heterocycles. The summed E-state index contributed by atoms with van der Waals surface area (Å²) in [6.45, 7) is 0. The molecule has 1 aliphatic carbocycles.